The molecule has 0 aliphatic rings. The molecule has 0 aliphatic carbocycles. The number of amides is 1. The summed E-state index contributed by atoms with van der Waals surface area (Å²) in [5, 5.41) is 1.16. The van der Waals surface area contributed by atoms with E-state index < -0.39 is 0 Å². The van der Waals surface area contributed by atoms with Gasteiger partial charge in [0.1, 0.15) is 6.10 Å². The van der Waals surface area contributed by atoms with Crippen molar-refractivity contribution in [2.75, 3.05) is 21.3 Å². The lowest BCUT2D eigenvalue weighted by Gasteiger charge is -2.19. The molecule has 0 aromatic rings. The molecule has 4 heteroatoms. The molecule has 0 aliphatic heterocycles. The summed E-state index contributed by atoms with van der Waals surface area (Å²) < 4.78 is 4.91. The number of hydrogen-bond donors (Lipinski definition) is 0. The van der Waals surface area contributed by atoms with Gasteiger partial charge in [0.15, 0.2) is 0 Å². The Kier molecular flexibility index (Phi) is 4.81. The van der Waals surface area contributed by atoms with Crippen molar-refractivity contribution in [2.45, 2.75) is 19.4 Å². The van der Waals surface area contributed by atoms with E-state index in [9.17, 15) is 4.79 Å². The summed E-state index contributed by atoms with van der Waals surface area (Å²) in [4.78, 5) is 15.9. The highest BCUT2D eigenvalue weighted by Crippen LogP contribution is 2.00. The summed E-state index contributed by atoms with van der Waals surface area (Å²) in [6.45, 7) is 1.88. The SMILES string of the molecule is CCC(OC)C(=O)N(C)OC. The highest BCUT2D eigenvalue weighted by molar-refractivity contribution is 5.79. The number of ether oxygens (including phenoxy) is 1. The zero-order chi connectivity index (χ0) is 8.85. The minimum atomic E-state index is -0.389. The fraction of sp³-hybridized carbons (Fsp3) is 0.857. The Labute approximate surface area is 67.0 Å². The Morgan fingerprint density at radius 1 is 1.55 bits per heavy atom. The molecule has 0 heterocycles. The summed E-state index contributed by atoms with van der Waals surface area (Å²) in [5.41, 5.74) is 0. The van der Waals surface area contributed by atoms with Gasteiger partial charge in [0.05, 0.1) is 7.11 Å². The van der Waals surface area contributed by atoms with Gasteiger partial charge in [-0.1, -0.05) is 6.92 Å². The maximum Gasteiger partial charge on any atom is 0.274 e. The van der Waals surface area contributed by atoms with Crippen molar-refractivity contribution in [2.24, 2.45) is 0 Å². The molecule has 0 spiro atoms. The van der Waals surface area contributed by atoms with E-state index in [2.05, 4.69) is 0 Å². The van der Waals surface area contributed by atoms with Gasteiger partial charge in [-0.15, -0.1) is 0 Å². The van der Waals surface area contributed by atoms with Crippen LogP contribution in [0.5, 0.6) is 0 Å². The molecule has 0 saturated heterocycles. The number of nitrogens with zero attached hydrogens (tertiary/aromatic N) is 1. The minimum Gasteiger partial charge on any atom is -0.372 e. The molecule has 1 amide bonds. The Balaban J connectivity index is 3.97. The maximum absolute atomic E-state index is 11.2. The molecule has 1 atom stereocenters. The molecule has 0 N–H and O–H groups in total. The molecule has 0 radical (unpaired) electrons. The molecule has 11 heavy (non-hydrogen) atoms. The van der Waals surface area contributed by atoms with Gasteiger partial charge in [0.25, 0.3) is 5.91 Å². The van der Waals surface area contributed by atoms with Gasteiger partial charge in [-0.3, -0.25) is 9.63 Å². The van der Waals surface area contributed by atoms with Crippen molar-refractivity contribution >= 4 is 5.91 Å². The van der Waals surface area contributed by atoms with Crippen LogP contribution in [-0.2, 0) is 14.4 Å². The predicted molar refractivity (Wildman–Crippen MR) is 40.9 cm³/mol. The molecule has 0 saturated carbocycles. The molecule has 66 valence electrons. The molecular weight excluding hydrogens is 146 g/mol. The van der Waals surface area contributed by atoms with Crippen molar-refractivity contribution in [3.63, 3.8) is 0 Å². The van der Waals surface area contributed by atoms with Crippen LogP contribution < -0.4 is 0 Å². The number of carbonyl (C=O) groups excluding carboxylic acids is 1. The van der Waals surface area contributed by atoms with Gasteiger partial charge in [0, 0.05) is 14.2 Å². The zero-order valence-corrected chi connectivity index (χ0v) is 7.46. The third-order valence-corrected chi connectivity index (χ3v) is 1.51. The van der Waals surface area contributed by atoms with E-state index in [1.165, 1.54) is 14.2 Å². The average molecular weight is 161 g/mol. The fourth-order valence-electron chi connectivity index (χ4n) is 0.735. The maximum atomic E-state index is 11.2. The van der Waals surface area contributed by atoms with Crippen LogP contribution in [0.3, 0.4) is 0 Å². The molecule has 0 aromatic carbocycles. The molecule has 0 bridgehead atoms. The van der Waals surface area contributed by atoms with Gasteiger partial charge in [-0.25, -0.2) is 5.06 Å². The number of hydrogen-bond acceptors (Lipinski definition) is 3. The second kappa shape index (κ2) is 5.09. The third kappa shape index (κ3) is 2.86. The molecule has 0 aromatic heterocycles. The van der Waals surface area contributed by atoms with Gasteiger partial charge < -0.3 is 4.74 Å². The van der Waals surface area contributed by atoms with Crippen molar-refractivity contribution < 1.29 is 14.4 Å². The molecular formula is C7H15NO3. The number of carbonyl (C=O) groups is 1. The Morgan fingerprint density at radius 3 is 2.36 bits per heavy atom. The summed E-state index contributed by atoms with van der Waals surface area (Å²) in [6.07, 6.45) is 0.267. The van der Waals surface area contributed by atoms with Crippen LogP contribution >= 0.6 is 0 Å². The lowest BCUT2D eigenvalue weighted by Crippen LogP contribution is -2.36. The fourth-order valence-corrected chi connectivity index (χ4v) is 0.735. The Morgan fingerprint density at radius 2 is 2.09 bits per heavy atom. The second-order valence-corrected chi connectivity index (χ2v) is 2.15. The Bertz CT molecular complexity index is 123. The second-order valence-electron chi connectivity index (χ2n) is 2.15. The standard InChI is InChI=1S/C7H15NO3/c1-5-6(10-3)7(9)8(2)11-4/h6H,5H2,1-4H3. The van der Waals surface area contributed by atoms with Crippen LogP contribution in [0.2, 0.25) is 0 Å². The van der Waals surface area contributed by atoms with E-state index in [4.69, 9.17) is 9.57 Å². The lowest BCUT2D eigenvalue weighted by atomic mass is 10.2. The summed E-state index contributed by atoms with van der Waals surface area (Å²) in [7, 11) is 4.51. The highest BCUT2D eigenvalue weighted by atomic mass is 16.7. The number of rotatable bonds is 4. The van der Waals surface area contributed by atoms with E-state index >= 15 is 0 Å². The van der Waals surface area contributed by atoms with Crippen LogP contribution in [0.4, 0.5) is 0 Å². The zero-order valence-electron chi connectivity index (χ0n) is 7.46. The first kappa shape index (κ1) is 10.4. The summed E-state index contributed by atoms with van der Waals surface area (Å²) in [5.74, 6) is -0.155. The normalized spacial score (nSPS) is 12.7. The van der Waals surface area contributed by atoms with E-state index in [0.717, 1.165) is 5.06 Å². The highest BCUT2D eigenvalue weighted by Gasteiger charge is 2.19. The largest absolute Gasteiger partial charge is 0.372 e. The van der Waals surface area contributed by atoms with Crippen LogP contribution in [0.15, 0.2) is 0 Å². The van der Waals surface area contributed by atoms with E-state index in [-0.39, 0.29) is 12.0 Å². The van der Waals surface area contributed by atoms with Gasteiger partial charge in [0.2, 0.25) is 0 Å². The molecule has 0 rings (SSSR count). The predicted octanol–water partition coefficient (Wildman–Crippen LogP) is 0.431. The number of methoxy groups -OCH3 is 1. The number of hydroxylamine groups is 2. The third-order valence-electron chi connectivity index (χ3n) is 1.51. The lowest BCUT2D eigenvalue weighted by molar-refractivity contribution is -0.179. The molecule has 1 unspecified atom stereocenters. The summed E-state index contributed by atoms with van der Waals surface area (Å²) in [6, 6.07) is 0. The van der Waals surface area contributed by atoms with Crippen LogP contribution in [-0.4, -0.2) is 38.3 Å². The van der Waals surface area contributed by atoms with Gasteiger partial charge in [-0.2, -0.15) is 0 Å². The smallest absolute Gasteiger partial charge is 0.274 e. The van der Waals surface area contributed by atoms with E-state index in [1.54, 1.807) is 7.05 Å². The van der Waals surface area contributed by atoms with Crippen molar-refractivity contribution in [1.29, 1.82) is 0 Å². The van der Waals surface area contributed by atoms with Crippen LogP contribution in [0.25, 0.3) is 0 Å². The van der Waals surface area contributed by atoms with Crippen LogP contribution in [0, 0.1) is 0 Å². The van der Waals surface area contributed by atoms with E-state index in [1.807, 2.05) is 6.92 Å². The van der Waals surface area contributed by atoms with Crippen molar-refractivity contribution in [3.8, 4) is 0 Å². The summed E-state index contributed by atoms with van der Waals surface area (Å²) >= 11 is 0. The number of likely N-dealkylation sites (N-methyl/N-ethyl adjacent to an activating group) is 1. The monoisotopic (exact) mass is 161 g/mol. The van der Waals surface area contributed by atoms with Gasteiger partial charge in [-0.05, 0) is 6.42 Å². The quantitative estimate of drug-likeness (QED) is 0.561. The molecule has 4 nitrogen and oxygen atoms in total. The van der Waals surface area contributed by atoms with E-state index in [0.29, 0.717) is 6.42 Å². The van der Waals surface area contributed by atoms with Gasteiger partial charge >= 0.3 is 0 Å². The Hall–Kier alpha value is -0.610. The minimum absolute atomic E-state index is 0.155. The first-order chi connectivity index (χ1) is 5.17. The topological polar surface area (TPSA) is 38.8 Å². The van der Waals surface area contributed by atoms with Crippen molar-refractivity contribution in [3.05, 3.63) is 0 Å². The average Bonchev–Trinajstić information content (AvgIpc) is 2.05. The van der Waals surface area contributed by atoms with Crippen molar-refractivity contribution in [1.82, 2.24) is 5.06 Å². The first-order valence-electron chi connectivity index (χ1n) is 3.51. The van der Waals surface area contributed by atoms with Crippen LogP contribution in [0.1, 0.15) is 13.3 Å². The molecule has 0 fully saturated rings. The first-order valence-corrected chi connectivity index (χ1v) is 3.51.